The first-order chi connectivity index (χ1) is 18.6. The molecule has 38 heavy (non-hydrogen) atoms. The van der Waals surface area contributed by atoms with Crippen molar-refractivity contribution in [2.45, 2.75) is 0 Å². The fraction of sp³-hybridized carbons (Fsp3) is 0.129. The van der Waals surface area contributed by atoms with E-state index in [-0.39, 0.29) is 26.4 Å². The zero-order valence-electron chi connectivity index (χ0n) is 20.8. The summed E-state index contributed by atoms with van der Waals surface area (Å²) in [5.41, 5.74) is 2.76. The third kappa shape index (κ3) is 14.0. The Bertz CT molecular complexity index is 1120. The molecule has 0 aliphatic heterocycles. The smallest absolute Gasteiger partial charge is 0.330 e. The second-order valence-electron chi connectivity index (χ2n) is 7.46. The van der Waals surface area contributed by atoms with E-state index in [2.05, 4.69) is 4.74 Å². The van der Waals surface area contributed by atoms with Gasteiger partial charge in [0.1, 0.15) is 19.8 Å². The molecule has 3 rings (SSSR count). The van der Waals surface area contributed by atoms with Crippen molar-refractivity contribution < 1.29 is 33.7 Å². The molecule has 0 radical (unpaired) electrons. The molecule has 0 heterocycles. The molecule has 0 saturated heterocycles. The standard InChI is InChI=1S/C20H18O4.C11H12O3/c21-19(13-11-17-7-3-1-4-8-17)23-15-16-24-20(22)14-12-18-9-5-2-6-10-18;12-8-9-14-11(13)7-6-10-4-2-1-3-5-10/h1-14H,15-16H2;1-7,12H,8-9H2. The number of rotatable bonds is 11. The molecule has 196 valence electrons. The summed E-state index contributed by atoms with van der Waals surface area (Å²) in [6.07, 6.45) is 9.01. The van der Waals surface area contributed by atoms with Gasteiger partial charge in [-0.15, -0.1) is 0 Å². The van der Waals surface area contributed by atoms with Crippen LogP contribution in [0.1, 0.15) is 16.7 Å². The molecular weight excluding hydrogens is 484 g/mol. The molecule has 0 spiro atoms. The molecule has 7 nitrogen and oxygen atoms in total. The third-order valence-electron chi connectivity index (χ3n) is 4.54. The lowest BCUT2D eigenvalue weighted by Gasteiger charge is -2.02. The number of ether oxygens (including phenoxy) is 3. The molecule has 7 heteroatoms. The predicted octanol–water partition coefficient (Wildman–Crippen LogP) is 4.73. The molecular formula is C31H30O7. The van der Waals surface area contributed by atoms with E-state index in [1.54, 1.807) is 18.2 Å². The number of hydrogen-bond acceptors (Lipinski definition) is 7. The number of esters is 3. The van der Waals surface area contributed by atoms with E-state index in [0.29, 0.717) is 0 Å². The lowest BCUT2D eigenvalue weighted by atomic mass is 10.2. The fourth-order valence-electron chi connectivity index (χ4n) is 2.76. The lowest BCUT2D eigenvalue weighted by Crippen LogP contribution is -2.11. The Hall–Kier alpha value is -4.75. The third-order valence-corrected chi connectivity index (χ3v) is 4.54. The minimum absolute atomic E-state index is 0.0167. The summed E-state index contributed by atoms with van der Waals surface area (Å²) >= 11 is 0. The Morgan fingerprint density at radius 3 is 1.08 bits per heavy atom. The van der Waals surface area contributed by atoms with Crippen LogP contribution in [0.5, 0.6) is 0 Å². The molecule has 0 saturated carbocycles. The maximum absolute atomic E-state index is 11.5. The van der Waals surface area contributed by atoms with E-state index < -0.39 is 17.9 Å². The summed E-state index contributed by atoms with van der Waals surface area (Å²) in [4.78, 5) is 34.0. The van der Waals surface area contributed by atoms with Crippen LogP contribution in [0.15, 0.2) is 109 Å². The maximum atomic E-state index is 11.5. The van der Waals surface area contributed by atoms with Crippen molar-refractivity contribution in [2.75, 3.05) is 26.4 Å². The monoisotopic (exact) mass is 514 g/mol. The van der Waals surface area contributed by atoms with Crippen LogP contribution < -0.4 is 0 Å². The SMILES string of the molecule is O=C(C=Cc1ccccc1)OCCO.O=C(C=Cc1ccccc1)OCCOC(=O)C=Cc1ccccc1. The number of carbonyl (C=O) groups is 3. The molecule has 0 fully saturated rings. The largest absolute Gasteiger partial charge is 0.460 e. The van der Waals surface area contributed by atoms with Crippen molar-refractivity contribution in [1.82, 2.24) is 0 Å². The van der Waals surface area contributed by atoms with E-state index in [1.165, 1.54) is 18.2 Å². The van der Waals surface area contributed by atoms with Gasteiger partial charge in [-0.05, 0) is 34.9 Å². The summed E-state index contributed by atoms with van der Waals surface area (Å²) in [6, 6.07) is 28.3. The predicted molar refractivity (Wildman–Crippen MR) is 146 cm³/mol. The van der Waals surface area contributed by atoms with Crippen LogP contribution in [0, 0.1) is 0 Å². The van der Waals surface area contributed by atoms with Crippen LogP contribution in [0.3, 0.4) is 0 Å². The van der Waals surface area contributed by atoms with Crippen LogP contribution in [0.25, 0.3) is 18.2 Å². The van der Waals surface area contributed by atoms with Crippen molar-refractivity contribution in [1.29, 1.82) is 0 Å². The van der Waals surface area contributed by atoms with Gasteiger partial charge in [0.05, 0.1) is 6.61 Å². The second kappa shape index (κ2) is 18.5. The van der Waals surface area contributed by atoms with Gasteiger partial charge < -0.3 is 19.3 Å². The zero-order chi connectivity index (χ0) is 27.3. The van der Waals surface area contributed by atoms with E-state index in [4.69, 9.17) is 14.6 Å². The highest BCUT2D eigenvalue weighted by Crippen LogP contribution is 2.03. The van der Waals surface area contributed by atoms with Gasteiger partial charge >= 0.3 is 17.9 Å². The molecule has 0 atom stereocenters. The molecule has 0 aromatic heterocycles. The Morgan fingerprint density at radius 2 is 0.789 bits per heavy atom. The van der Waals surface area contributed by atoms with Gasteiger partial charge in [0.2, 0.25) is 0 Å². The Balaban J connectivity index is 0.000000308. The number of aliphatic hydroxyl groups excluding tert-OH is 1. The molecule has 3 aromatic rings. The first-order valence-electron chi connectivity index (χ1n) is 11.9. The first-order valence-corrected chi connectivity index (χ1v) is 11.9. The van der Waals surface area contributed by atoms with E-state index in [0.717, 1.165) is 16.7 Å². The summed E-state index contributed by atoms with van der Waals surface area (Å²) < 4.78 is 14.5. The molecule has 0 aliphatic rings. The summed E-state index contributed by atoms with van der Waals surface area (Å²) in [7, 11) is 0. The molecule has 0 aliphatic carbocycles. The molecule has 0 bridgehead atoms. The summed E-state index contributed by atoms with van der Waals surface area (Å²) in [6.45, 7) is -0.0748. The number of hydrogen-bond donors (Lipinski definition) is 1. The van der Waals surface area contributed by atoms with Gasteiger partial charge in [-0.25, -0.2) is 14.4 Å². The van der Waals surface area contributed by atoms with Crippen molar-refractivity contribution in [3.63, 3.8) is 0 Å². The number of aliphatic hydroxyl groups is 1. The first kappa shape index (κ1) is 29.5. The average molecular weight is 515 g/mol. The van der Waals surface area contributed by atoms with Gasteiger partial charge in [-0.1, -0.05) is 91.0 Å². The van der Waals surface area contributed by atoms with E-state index in [1.807, 2.05) is 91.0 Å². The van der Waals surface area contributed by atoms with Crippen molar-refractivity contribution in [2.24, 2.45) is 0 Å². The van der Waals surface area contributed by atoms with Gasteiger partial charge in [0.25, 0.3) is 0 Å². The van der Waals surface area contributed by atoms with Crippen molar-refractivity contribution in [3.05, 3.63) is 126 Å². The minimum atomic E-state index is -0.477. The van der Waals surface area contributed by atoms with Crippen LogP contribution in [0.2, 0.25) is 0 Å². The van der Waals surface area contributed by atoms with Gasteiger partial charge in [0, 0.05) is 18.2 Å². The van der Waals surface area contributed by atoms with Crippen LogP contribution >= 0.6 is 0 Å². The van der Waals surface area contributed by atoms with Crippen LogP contribution in [-0.4, -0.2) is 49.4 Å². The van der Waals surface area contributed by atoms with Crippen molar-refractivity contribution in [3.8, 4) is 0 Å². The lowest BCUT2D eigenvalue weighted by molar-refractivity contribution is -0.145. The highest BCUT2D eigenvalue weighted by Gasteiger charge is 2.00. The molecule has 0 amide bonds. The number of carbonyl (C=O) groups excluding carboxylic acids is 3. The summed E-state index contributed by atoms with van der Waals surface area (Å²) in [5, 5.41) is 8.40. The van der Waals surface area contributed by atoms with Crippen LogP contribution in [-0.2, 0) is 28.6 Å². The van der Waals surface area contributed by atoms with Crippen molar-refractivity contribution >= 4 is 36.1 Å². The zero-order valence-corrected chi connectivity index (χ0v) is 20.8. The van der Waals surface area contributed by atoms with Gasteiger partial charge in [0.15, 0.2) is 0 Å². The molecule has 1 N–H and O–H groups in total. The Labute approximate surface area is 222 Å². The Morgan fingerprint density at radius 1 is 0.500 bits per heavy atom. The van der Waals surface area contributed by atoms with Gasteiger partial charge in [-0.2, -0.15) is 0 Å². The number of benzene rings is 3. The minimum Gasteiger partial charge on any atom is -0.460 e. The fourth-order valence-corrected chi connectivity index (χ4v) is 2.76. The highest BCUT2D eigenvalue weighted by molar-refractivity contribution is 5.88. The molecule has 0 unspecified atom stereocenters. The topological polar surface area (TPSA) is 99.1 Å². The summed E-state index contributed by atoms with van der Waals surface area (Å²) in [5.74, 6) is -1.40. The van der Waals surface area contributed by atoms with Crippen LogP contribution in [0.4, 0.5) is 0 Å². The normalized spacial score (nSPS) is 10.7. The molecule has 3 aromatic carbocycles. The highest BCUT2D eigenvalue weighted by atomic mass is 16.6. The Kier molecular flexibility index (Phi) is 14.4. The van der Waals surface area contributed by atoms with Gasteiger partial charge in [-0.3, -0.25) is 0 Å². The van der Waals surface area contributed by atoms with E-state index >= 15 is 0 Å². The maximum Gasteiger partial charge on any atom is 0.330 e. The van der Waals surface area contributed by atoms with E-state index in [9.17, 15) is 14.4 Å². The quantitative estimate of drug-likeness (QED) is 0.171. The average Bonchev–Trinajstić information content (AvgIpc) is 2.97. The second-order valence-corrected chi connectivity index (χ2v) is 7.46.